The van der Waals surface area contributed by atoms with E-state index >= 15 is 4.39 Å². The highest BCUT2D eigenvalue weighted by Crippen LogP contribution is 2.32. The quantitative estimate of drug-likeness (QED) is 0.234. The largest absolute Gasteiger partial charge is 0.464 e. The lowest BCUT2D eigenvalue weighted by molar-refractivity contribution is -0.385. The van der Waals surface area contributed by atoms with E-state index in [0.29, 0.717) is 37.3 Å². The van der Waals surface area contributed by atoms with E-state index in [0.717, 1.165) is 11.6 Å². The van der Waals surface area contributed by atoms with Gasteiger partial charge in [-0.05, 0) is 50.6 Å². The average molecular weight is 564 g/mol. The summed E-state index contributed by atoms with van der Waals surface area (Å²) in [6.07, 6.45) is 1.20. The van der Waals surface area contributed by atoms with Crippen molar-refractivity contribution in [2.45, 2.75) is 32.9 Å². The van der Waals surface area contributed by atoms with Gasteiger partial charge in [0.2, 0.25) is 0 Å². The van der Waals surface area contributed by atoms with Gasteiger partial charge in [0, 0.05) is 37.9 Å². The van der Waals surface area contributed by atoms with Crippen molar-refractivity contribution in [1.29, 1.82) is 5.26 Å². The second-order valence-corrected chi connectivity index (χ2v) is 10.6. The molecule has 12 heteroatoms. The molecule has 4 rings (SSSR count). The molecule has 1 saturated heterocycles. The lowest BCUT2D eigenvalue weighted by Gasteiger charge is -2.37. The van der Waals surface area contributed by atoms with Gasteiger partial charge in [-0.3, -0.25) is 10.1 Å². The standard InChI is InChI=1S/C29H30FN5O6/c1-29(2,3)41-28(37)33-11-9-32(10-12-33)25-14-22(24(35(38)39)15-23(25)30)18-34-17-21(13-26(34)27(36)40-4)20-7-5-19(16-31)6-8-20/h5-8,13-15,17H,9-12,18H2,1-4H3. The van der Waals surface area contributed by atoms with Gasteiger partial charge in [-0.2, -0.15) is 5.26 Å². The molecule has 0 aliphatic carbocycles. The number of aromatic nitrogens is 1. The van der Waals surface area contributed by atoms with Crippen LogP contribution in [0.1, 0.15) is 42.4 Å². The summed E-state index contributed by atoms with van der Waals surface area (Å²) in [6.45, 7) is 6.40. The Kier molecular flexibility index (Phi) is 8.28. The van der Waals surface area contributed by atoms with Gasteiger partial charge in [-0.1, -0.05) is 12.1 Å². The Morgan fingerprint density at radius 3 is 2.29 bits per heavy atom. The fraction of sp³-hybridized carbons (Fsp3) is 0.345. The predicted octanol–water partition coefficient (Wildman–Crippen LogP) is 4.97. The molecule has 214 valence electrons. The second kappa shape index (κ2) is 11.7. The summed E-state index contributed by atoms with van der Waals surface area (Å²) in [6, 6.07) is 12.7. The maximum atomic E-state index is 15.2. The fourth-order valence-electron chi connectivity index (χ4n) is 4.59. The number of hydrogen-bond acceptors (Lipinski definition) is 8. The van der Waals surface area contributed by atoms with Crippen molar-refractivity contribution in [1.82, 2.24) is 9.47 Å². The van der Waals surface area contributed by atoms with Crippen LogP contribution in [0, 0.1) is 27.3 Å². The van der Waals surface area contributed by atoms with Crippen LogP contribution in [0.25, 0.3) is 11.1 Å². The van der Waals surface area contributed by atoms with Crippen LogP contribution in [0.15, 0.2) is 48.7 Å². The third-order valence-electron chi connectivity index (χ3n) is 6.60. The van der Waals surface area contributed by atoms with Crippen molar-refractivity contribution >= 4 is 23.4 Å². The Bertz CT molecular complexity index is 1510. The summed E-state index contributed by atoms with van der Waals surface area (Å²) in [4.78, 5) is 39.5. The van der Waals surface area contributed by atoms with Crippen molar-refractivity contribution in [2.24, 2.45) is 0 Å². The Morgan fingerprint density at radius 1 is 1.07 bits per heavy atom. The number of hydrogen-bond donors (Lipinski definition) is 0. The lowest BCUT2D eigenvalue weighted by atomic mass is 10.1. The minimum atomic E-state index is -0.759. The Hall–Kier alpha value is -4.92. The monoisotopic (exact) mass is 563 g/mol. The third kappa shape index (κ3) is 6.63. The van der Waals surface area contributed by atoms with Gasteiger partial charge in [0.1, 0.15) is 11.3 Å². The molecule has 41 heavy (non-hydrogen) atoms. The molecule has 0 bridgehead atoms. The zero-order chi connectivity index (χ0) is 29.9. The Balaban J connectivity index is 1.64. The molecule has 0 N–H and O–H groups in total. The molecule has 1 amide bonds. The summed E-state index contributed by atoms with van der Waals surface area (Å²) in [5.74, 6) is -1.40. The number of halogens is 1. The number of ether oxygens (including phenoxy) is 2. The molecule has 0 radical (unpaired) electrons. The normalized spacial score (nSPS) is 13.5. The fourth-order valence-corrected chi connectivity index (χ4v) is 4.59. The van der Waals surface area contributed by atoms with E-state index in [-0.39, 0.29) is 23.5 Å². The van der Waals surface area contributed by atoms with Crippen molar-refractivity contribution in [3.63, 3.8) is 0 Å². The van der Waals surface area contributed by atoms with E-state index < -0.39 is 34.1 Å². The van der Waals surface area contributed by atoms with Crippen LogP contribution in [0.3, 0.4) is 0 Å². The van der Waals surface area contributed by atoms with Crippen molar-refractivity contribution in [2.75, 3.05) is 38.2 Å². The Labute approximate surface area is 236 Å². The molecule has 1 aromatic heterocycles. The van der Waals surface area contributed by atoms with Crippen LogP contribution < -0.4 is 4.90 Å². The van der Waals surface area contributed by atoms with Crippen molar-refractivity contribution < 1.29 is 28.4 Å². The van der Waals surface area contributed by atoms with Gasteiger partial charge in [0.15, 0.2) is 5.82 Å². The molecule has 0 atom stereocenters. The van der Waals surface area contributed by atoms with E-state index in [2.05, 4.69) is 0 Å². The molecule has 1 fully saturated rings. The highest BCUT2D eigenvalue weighted by Gasteiger charge is 2.29. The first-order valence-corrected chi connectivity index (χ1v) is 12.9. The molecule has 2 heterocycles. The van der Waals surface area contributed by atoms with E-state index in [4.69, 9.17) is 14.7 Å². The molecular weight excluding hydrogens is 533 g/mol. The van der Waals surface area contributed by atoms with Gasteiger partial charge in [0.05, 0.1) is 47.5 Å². The molecule has 1 aliphatic heterocycles. The first-order valence-electron chi connectivity index (χ1n) is 12.9. The number of nitro benzene ring substituents is 1. The number of carbonyl (C=O) groups is 2. The summed E-state index contributed by atoms with van der Waals surface area (Å²) in [5, 5.41) is 21.0. The number of piperazine rings is 1. The smallest absolute Gasteiger partial charge is 0.410 e. The molecule has 0 saturated carbocycles. The zero-order valence-electron chi connectivity index (χ0n) is 23.2. The van der Waals surface area contributed by atoms with Crippen LogP contribution in [-0.4, -0.2) is 65.3 Å². The molecule has 3 aromatic rings. The minimum Gasteiger partial charge on any atom is -0.464 e. The zero-order valence-corrected chi connectivity index (χ0v) is 23.2. The van der Waals surface area contributed by atoms with Gasteiger partial charge < -0.3 is 23.8 Å². The highest BCUT2D eigenvalue weighted by molar-refractivity contribution is 5.90. The van der Waals surface area contributed by atoms with Gasteiger partial charge in [-0.25, -0.2) is 14.0 Å². The van der Waals surface area contributed by atoms with Gasteiger partial charge in [-0.15, -0.1) is 0 Å². The van der Waals surface area contributed by atoms with E-state index in [1.165, 1.54) is 17.7 Å². The van der Waals surface area contributed by atoms with Gasteiger partial charge in [0.25, 0.3) is 5.69 Å². The lowest BCUT2D eigenvalue weighted by Crippen LogP contribution is -2.50. The number of esters is 1. The molecule has 0 unspecified atom stereocenters. The SMILES string of the molecule is COC(=O)c1cc(-c2ccc(C#N)cc2)cn1Cc1cc(N2CCN(C(=O)OC(C)(C)C)CC2)c(F)cc1[N+](=O)[O-]. The number of methoxy groups -OCH3 is 1. The second-order valence-electron chi connectivity index (χ2n) is 10.6. The van der Waals surface area contributed by atoms with E-state index in [1.807, 2.05) is 6.07 Å². The number of nitriles is 1. The third-order valence-corrected chi connectivity index (χ3v) is 6.60. The molecule has 2 aromatic carbocycles. The topological polar surface area (TPSA) is 131 Å². The van der Waals surface area contributed by atoms with Crippen molar-refractivity contribution in [3.8, 4) is 17.2 Å². The number of anilines is 1. The summed E-state index contributed by atoms with van der Waals surface area (Å²) < 4.78 is 27.1. The summed E-state index contributed by atoms with van der Waals surface area (Å²) in [7, 11) is 1.23. The number of benzene rings is 2. The van der Waals surface area contributed by atoms with Crippen molar-refractivity contribution in [3.05, 3.63) is 81.4 Å². The summed E-state index contributed by atoms with van der Waals surface area (Å²) in [5.41, 5.74) is 1.27. The molecule has 0 spiro atoms. The first-order chi connectivity index (χ1) is 19.4. The van der Waals surface area contributed by atoms with Crippen LogP contribution in [-0.2, 0) is 16.0 Å². The summed E-state index contributed by atoms with van der Waals surface area (Å²) >= 11 is 0. The van der Waals surface area contributed by atoms with Gasteiger partial charge >= 0.3 is 12.1 Å². The highest BCUT2D eigenvalue weighted by atomic mass is 19.1. The molecular formula is C29H30FN5O6. The Morgan fingerprint density at radius 2 is 1.73 bits per heavy atom. The molecule has 11 nitrogen and oxygen atoms in total. The van der Waals surface area contributed by atoms with E-state index in [1.54, 1.807) is 67.1 Å². The number of carbonyl (C=O) groups excluding carboxylic acids is 2. The average Bonchev–Trinajstić information content (AvgIpc) is 3.36. The van der Waals surface area contributed by atoms with Crippen LogP contribution in [0.4, 0.5) is 20.6 Å². The minimum absolute atomic E-state index is 0.109. The van der Waals surface area contributed by atoms with E-state index in [9.17, 15) is 19.7 Å². The first kappa shape index (κ1) is 29.1. The number of rotatable bonds is 6. The van der Waals surface area contributed by atoms with Crippen LogP contribution in [0.2, 0.25) is 0 Å². The maximum absolute atomic E-state index is 15.2. The number of amides is 1. The number of nitrogens with zero attached hydrogens (tertiary/aromatic N) is 5. The maximum Gasteiger partial charge on any atom is 0.410 e. The predicted molar refractivity (Wildman–Crippen MR) is 148 cm³/mol. The molecule has 1 aliphatic rings. The van der Waals surface area contributed by atoms with Crippen LogP contribution in [0.5, 0.6) is 0 Å². The van der Waals surface area contributed by atoms with Crippen LogP contribution >= 0.6 is 0 Å². The number of nitro groups is 1.